The number of carbonyl (C=O) groups is 4. The normalized spacial score (nSPS) is 34.8. The van der Waals surface area contributed by atoms with Crippen LogP contribution < -0.4 is 10.6 Å². The maximum Gasteiger partial charge on any atom is 0.326 e. The van der Waals surface area contributed by atoms with Gasteiger partial charge in [-0.1, -0.05) is 44.3 Å². The summed E-state index contributed by atoms with van der Waals surface area (Å²) in [6.45, 7) is 9.73. The summed E-state index contributed by atoms with van der Waals surface area (Å²) in [5.74, 6) is 0.427. The maximum atomic E-state index is 12.4. The molecule has 2 amide bonds. The van der Waals surface area contributed by atoms with Crippen molar-refractivity contribution in [2.75, 3.05) is 6.61 Å². The molecule has 3 saturated carbocycles. The number of carboxylic acid groups (broad SMARTS) is 1. The minimum Gasteiger partial charge on any atom is -0.480 e. The first-order chi connectivity index (χ1) is 19.4. The van der Waals surface area contributed by atoms with E-state index in [0.717, 1.165) is 50.7 Å². The Labute approximate surface area is 244 Å². The molecular formula is C32H49N3O6. The van der Waals surface area contributed by atoms with Gasteiger partial charge < -0.3 is 20.6 Å². The molecule has 4 aliphatic rings. The van der Waals surface area contributed by atoms with Crippen LogP contribution in [0.3, 0.4) is 0 Å². The summed E-state index contributed by atoms with van der Waals surface area (Å²) in [6.07, 6.45) is 12.6. The van der Waals surface area contributed by atoms with Gasteiger partial charge >= 0.3 is 5.97 Å². The van der Waals surface area contributed by atoms with Crippen molar-refractivity contribution in [3.05, 3.63) is 11.6 Å². The second-order valence-corrected chi connectivity index (χ2v) is 13.5. The van der Waals surface area contributed by atoms with Crippen molar-refractivity contribution in [1.29, 1.82) is 0 Å². The van der Waals surface area contributed by atoms with E-state index in [9.17, 15) is 24.3 Å². The second kappa shape index (κ2) is 12.7. The van der Waals surface area contributed by atoms with Crippen LogP contribution in [0, 0.1) is 34.5 Å². The van der Waals surface area contributed by atoms with Crippen molar-refractivity contribution in [2.45, 2.75) is 117 Å². The van der Waals surface area contributed by atoms with E-state index in [1.165, 1.54) is 25.3 Å². The number of ketones is 1. The van der Waals surface area contributed by atoms with Crippen LogP contribution in [0.5, 0.6) is 0 Å². The first-order valence-electron chi connectivity index (χ1n) is 15.6. The van der Waals surface area contributed by atoms with Crippen LogP contribution >= 0.6 is 0 Å². The molecule has 8 atom stereocenters. The zero-order valence-electron chi connectivity index (χ0n) is 25.5. The highest BCUT2D eigenvalue weighted by Gasteiger charge is 2.59. The Morgan fingerprint density at radius 2 is 1.83 bits per heavy atom. The van der Waals surface area contributed by atoms with Crippen molar-refractivity contribution in [3.8, 4) is 0 Å². The quantitative estimate of drug-likeness (QED) is 0.305. The van der Waals surface area contributed by atoms with Crippen LogP contribution in [0.1, 0.15) is 105 Å². The van der Waals surface area contributed by atoms with Gasteiger partial charge in [0, 0.05) is 5.92 Å². The molecule has 4 rings (SSSR count). The zero-order valence-corrected chi connectivity index (χ0v) is 25.5. The first-order valence-corrected chi connectivity index (χ1v) is 15.6. The zero-order chi connectivity index (χ0) is 29.9. The Bertz CT molecular complexity index is 1100. The number of oxime groups is 1. The number of amides is 2. The SMILES string of the molecule is CCCC[C@@H](NC(=O)[C@H](C)NC(=O)CO/N=C1\C=C2CC[C@H]3[C@@H]4CC[C@H](C(C)=O)[C@@]4(C)CC[C@@H]3[C@@]2(C)CC1)C(=O)O. The number of hydrogen-bond acceptors (Lipinski definition) is 6. The number of nitrogens with zero attached hydrogens (tertiary/aromatic N) is 1. The van der Waals surface area contributed by atoms with E-state index in [4.69, 9.17) is 4.84 Å². The Hall–Kier alpha value is -2.71. The van der Waals surface area contributed by atoms with E-state index in [1.807, 2.05) is 6.92 Å². The molecule has 0 aromatic carbocycles. The van der Waals surface area contributed by atoms with Crippen molar-refractivity contribution in [1.82, 2.24) is 10.6 Å². The summed E-state index contributed by atoms with van der Waals surface area (Å²) in [7, 11) is 0. The average molecular weight is 572 g/mol. The fraction of sp³-hybridized carbons (Fsp3) is 0.781. The summed E-state index contributed by atoms with van der Waals surface area (Å²) < 4.78 is 0. The molecule has 3 fully saturated rings. The van der Waals surface area contributed by atoms with E-state index >= 15 is 0 Å². The molecular weight excluding hydrogens is 522 g/mol. The van der Waals surface area contributed by atoms with Gasteiger partial charge in [-0.15, -0.1) is 0 Å². The number of unbranched alkanes of at least 4 members (excludes halogenated alkanes) is 1. The van der Waals surface area contributed by atoms with Crippen LogP contribution in [0.2, 0.25) is 0 Å². The molecule has 0 aliphatic heterocycles. The van der Waals surface area contributed by atoms with Gasteiger partial charge in [0.05, 0.1) is 5.71 Å². The summed E-state index contributed by atoms with van der Waals surface area (Å²) >= 11 is 0. The van der Waals surface area contributed by atoms with Gasteiger partial charge in [-0.3, -0.25) is 14.4 Å². The maximum absolute atomic E-state index is 12.4. The predicted octanol–water partition coefficient (Wildman–Crippen LogP) is 4.79. The van der Waals surface area contributed by atoms with E-state index in [0.29, 0.717) is 36.4 Å². The smallest absolute Gasteiger partial charge is 0.326 e. The molecule has 228 valence electrons. The van der Waals surface area contributed by atoms with Gasteiger partial charge in [-0.05, 0) is 106 Å². The summed E-state index contributed by atoms with van der Waals surface area (Å²) in [4.78, 5) is 53.9. The average Bonchev–Trinajstić information content (AvgIpc) is 3.28. The lowest BCUT2D eigenvalue weighted by molar-refractivity contribution is -0.142. The lowest BCUT2D eigenvalue weighted by Gasteiger charge is -2.58. The minimum absolute atomic E-state index is 0.142. The molecule has 4 aliphatic carbocycles. The lowest BCUT2D eigenvalue weighted by Crippen LogP contribution is -2.51. The van der Waals surface area contributed by atoms with Gasteiger partial charge in [-0.2, -0.15) is 0 Å². The summed E-state index contributed by atoms with van der Waals surface area (Å²) in [5.41, 5.74) is 2.57. The molecule has 9 heteroatoms. The van der Waals surface area contributed by atoms with Crippen molar-refractivity contribution in [2.24, 2.45) is 39.7 Å². The molecule has 0 aromatic rings. The standard InChI is InChI=1S/C32H49N3O6/c1-6-7-8-27(30(39)40)34-29(38)19(2)33-28(37)18-41-35-22-13-15-31(4)21(17-22)9-10-23-25-12-11-24(20(3)36)32(25,5)16-14-26(23)31/h17,19,23-27H,6-16,18H2,1-5H3,(H,33,37)(H,34,38)(H,39,40)/b35-22-/t19-,23-,24+,25-,26-,27+,31-,32+/m0/s1. The van der Waals surface area contributed by atoms with Crippen molar-refractivity contribution in [3.63, 3.8) is 0 Å². The second-order valence-electron chi connectivity index (χ2n) is 13.5. The molecule has 0 bridgehead atoms. The highest BCUT2D eigenvalue weighted by atomic mass is 16.6. The van der Waals surface area contributed by atoms with Crippen LogP contribution in [-0.4, -0.2) is 53.1 Å². The number of rotatable bonds is 11. The topological polar surface area (TPSA) is 134 Å². The molecule has 41 heavy (non-hydrogen) atoms. The molecule has 0 unspecified atom stereocenters. The molecule has 3 N–H and O–H groups in total. The largest absolute Gasteiger partial charge is 0.480 e. The third-order valence-corrected chi connectivity index (χ3v) is 11.1. The number of carbonyl (C=O) groups excluding carboxylic acids is 3. The minimum atomic E-state index is -1.09. The van der Waals surface area contributed by atoms with E-state index in [2.05, 4.69) is 35.7 Å². The molecule has 0 saturated heterocycles. The first kappa shape index (κ1) is 31.2. The molecule has 0 radical (unpaired) electrons. The lowest BCUT2D eigenvalue weighted by atomic mass is 9.46. The number of Topliss-reactive ketones (excluding diaryl/α,β-unsaturated/α-hetero) is 1. The fourth-order valence-corrected chi connectivity index (χ4v) is 8.80. The Balaban J connectivity index is 1.30. The third-order valence-electron chi connectivity index (χ3n) is 11.1. The summed E-state index contributed by atoms with van der Waals surface area (Å²) in [6, 6.07) is -1.86. The number of fused-ring (bicyclic) bond motifs is 5. The predicted molar refractivity (Wildman–Crippen MR) is 156 cm³/mol. The van der Waals surface area contributed by atoms with Crippen LogP contribution in [0.15, 0.2) is 16.8 Å². The number of carboxylic acids is 1. The van der Waals surface area contributed by atoms with Gasteiger partial charge in [0.15, 0.2) is 6.61 Å². The highest BCUT2D eigenvalue weighted by molar-refractivity contribution is 5.96. The van der Waals surface area contributed by atoms with Crippen molar-refractivity contribution < 1.29 is 29.1 Å². The highest BCUT2D eigenvalue weighted by Crippen LogP contribution is 2.66. The van der Waals surface area contributed by atoms with E-state index < -0.39 is 29.9 Å². The Kier molecular flexibility index (Phi) is 9.64. The van der Waals surface area contributed by atoms with Gasteiger partial charge in [0.25, 0.3) is 5.91 Å². The monoisotopic (exact) mass is 571 g/mol. The summed E-state index contributed by atoms with van der Waals surface area (Å²) in [5, 5.41) is 18.6. The van der Waals surface area contributed by atoms with Crippen molar-refractivity contribution >= 4 is 29.3 Å². The fourth-order valence-electron chi connectivity index (χ4n) is 8.80. The molecule has 0 heterocycles. The van der Waals surface area contributed by atoms with Gasteiger partial charge in [0.2, 0.25) is 5.91 Å². The molecule has 0 aromatic heterocycles. The molecule has 9 nitrogen and oxygen atoms in total. The van der Waals surface area contributed by atoms with Gasteiger partial charge in [-0.25, -0.2) is 4.79 Å². The number of allylic oxidation sites excluding steroid dienone is 2. The van der Waals surface area contributed by atoms with Crippen LogP contribution in [0.25, 0.3) is 0 Å². The number of nitrogens with one attached hydrogen (secondary N) is 2. The number of aliphatic carboxylic acids is 1. The van der Waals surface area contributed by atoms with Gasteiger partial charge in [0.1, 0.15) is 17.9 Å². The van der Waals surface area contributed by atoms with Crippen LogP contribution in [-0.2, 0) is 24.0 Å². The Morgan fingerprint density at radius 1 is 1.07 bits per heavy atom. The van der Waals surface area contributed by atoms with E-state index in [-0.39, 0.29) is 23.4 Å². The Morgan fingerprint density at radius 3 is 2.51 bits per heavy atom. The third kappa shape index (κ3) is 6.38. The van der Waals surface area contributed by atoms with E-state index in [1.54, 1.807) is 6.92 Å². The van der Waals surface area contributed by atoms with Crippen LogP contribution in [0.4, 0.5) is 0 Å². The number of hydrogen-bond donors (Lipinski definition) is 3. The molecule has 0 spiro atoms.